The summed E-state index contributed by atoms with van der Waals surface area (Å²) in [5.41, 5.74) is -0.587. The van der Waals surface area contributed by atoms with Crippen LogP contribution < -0.4 is 5.32 Å². The van der Waals surface area contributed by atoms with Crippen LogP contribution in [0.15, 0.2) is 18.2 Å². The minimum Gasteiger partial charge on any atom is -0.314 e. The third-order valence-electron chi connectivity index (χ3n) is 3.26. The summed E-state index contributed by atoms with van der Waals surface area (Å²) in [6.45, 7) is 2.82. The van der Waals surface area contributed by atoms with Gasteiger partial charge >= 0.3 is 6.18 Å². The van der Waals surface area contributed by atoms with Gasteiger partial charge in [-0.15, -0.1) is 0 Å². The number of hydrogen-bond acceptors (Lipinski definition) is 1. The van der Waals surface area contributed by atoms with Crippen LogP contribution >= 0.6 is 0 Å². The van der Waals surface area contributed by atoms with Gasteiger partial charge in [0.25, 0.3) is 0 Å². The van der Waals surface area contributed by atoms with Crippen molar-refractivity contribution in [3.05, 3.63) is 35.1 Å². The van der Waals surface area contributed by atoms with E-state index in [1.54, 1.807) is 0 Å². The van der Waals surface area contributed by atoms with E-state index in [-0.39, 0.29) is 5.92 Å². The van der Waals surface area contributed by atoms with E-state index in [2.05, 4.69) is 5.32 Å². The lowest BCUT2D eigenvalue weighted by Gasteiger charge is -2.14. The van der Waals surface area contributed by atoms with Gasteiger partial charge in [-0.05, 0) is 49.4 Å². The van der Waals surface area contributed by atoms with E-state index in [0.29, 0.717) is 18.0 Å². The molecule has 1 N–H and O–H groups in total. The molecule has 0 radical (unpaired) electrons. The maximum Gasteiger partial charge on any atom is 0.419 e. The molecule has 1 aromatic rings. The SMILES string of the molecule is CC(CNC1CC1)Cc1ccc(C(F)(F)F)c(F)c1. The van der Waals surface area contributed by atoms with Crippen LogP contribution in [-0.2, 0) is 12.6 Å². The first kappa shape index (κ1) is 14.3. The van der Waals surface area contributed by atoms with E-state index < -0.39 is 17.6 Å². The van der Waals surface area contributed by atoms with Crippen LogP contribution in [0.2, 0.25) is 0 Å². The van der Waals surface area contributed by atoms with Crippen molar-refractivity contribution in [1.82, 2.24) is 5.32 Å². The minimum absolute atomic E-state index is 0.275. The zero-order chi connectivity index (χ0) is 14.0. The van der Waals surface area contributed by atoms with Gasteiger partial charge < -0.3 is 5.32 Å². The Labute approximate surface area is 110 Å². The highest BCUT2D eigenvalue weighted by Gasteiger charge is 2.33. The normalized spacial score (nSPS) is 17.5. The average Bonchev–Trinajstić information content (AvgIpc) is 3.08. The molecule has 1 saturated carbocycles. The molecule has 0 aliphatic heterocycles. The quantitative estimate of drug-likeness (QED) is 0.806. The molecule has 0 heterocycles. The first-order valence-electron chi connectivity index (χ1n) is 6.45. The van der Waals surface area contributed by atoms with E-state index >= 15 is 0 Å². The summed E-state index contributed by atoms with van der Waals surface area (Å²) in [5.74, 6) is -0.913. The molecule has 0 bridgehead atoms. The van der Waals surface area contributed by atoms with Crippen molar-refractivity contribution in [2.75, 3.05) is 6.54 Å². The summed E-state index contributed by atoms with van der Waals surface area (Å²) in [4.78, 5) is 0. The summed E-state index contributed by atoms with van der Waals surface area (Å²) >= 11 is 0. The smallest absolute Gasteiger partial charge is 0.314 e. The summed E-state index contributed by atoms with van der Waals surface area (Å²) in [7, 11) is 0. The molecule has 0 saturated heterocycles. The van der Waals surface area contributed by atoms with Gasteiger partial charge in [0.2, 0.25) is 0 Å². The van der Waals surface area contributed by atoms with Crippen molar-refractivity contribution >= 4 is 0 Å². The summed E-state index contributed by atoms with van der Waals surface area (Å²) in [6, 6.07) is 3.79. The molecule has 1 aliphatic carbocycles. The fourth-order valence-electron chi connectivity index (χ4n) is 2.05. The van der Waals surface area contributed by atoms with Gasteiger partial charge in [-0.1, -0.05) is 13.0 Å². The fraction of sp³-hybridized carbons (Fsp3) is 0.571. The van der Waals surface area contributed by atoms with E-state index in [1.165, 1.54) is 18.9 Å². The molecule has 1 fully saturated rings. The molecular formula is C14H17F4N. The molecule has 2 rings (SSSR count). The lowest BCUT2D eigenvalue weighted by atomic mass is 9.99. The maximum absolute atomic E-state index is 13.4. The van der Waals surface area contributed by atoms with Crippen molar-refractivity contribution in [2.45, 2.75) is 38.4 Å². The van der Waals surface area contributed by atoms with E-state index in [4.69, 9.17) is 0 Å². The molecule has 19 heavy (non-hydrogen) atoms. The zero-order valence-corrected chi connectivity index (χ0v) is 10.7. The van der Waals surface area contributed by atoms with Crippen molar-refractivity contribution < 1.29 is 17.6 Å². The first-order chi connectivity index (χ1) is 8.86. The molecule has 1 unspecified atom stereocenters. The monoisotopic (exact) mass is 275 g/mol. The van der Waals surface area contributed by atoms with Crippen LogP contribution in [0, 0.1) is 11.7 Å². The maximum atomic E-state index is 13.4. The highest BCUT2D eigenvalue weighted by atomic mass is 19.4. The number of alkyl halides is 3. The molecule has 1 nitrogen and oxygen atoms in total. The minimum atomic E-state index is -4.62. The molecule has 1 aromatic carbocycles. The number of nitrogens with one attached hydrogen (secondary N) is 1. The van der Waals surface area contributed by atoms with E-state index in [9.17, 15) is 17.6 Å². The number of rotatable bonds is 5. The highest BCUT2D eigenvalue weighted by Crippen LogP contribution is 2.31. The molecular weight excluding hydrogens is 258 g/mol. The van der Waals surface area contributed by atoms with Gasteiger partial charge in [0.05, 0.1) is 5.56 Å². The van der Waals surface area contributed by atoms with Crippen molar-refractivity contribution in [1.29, 1.82) is 0 Å². The Morgan fingerprint density at radius 3 is 2.53 bits per heavy atom. The number of hydrogen-bond donors (Lipinski definition) is 1. The van der Waals surface area contributed by atoms with Crippen molar-refractivity contribution in [2.24, 2.45) is 5.92 Å². The lowest BCUT2D eigenvalue weighted by molar-refractivity contribution is -0.140. The van der Waals surface area contributed by atoms with Gasteiger partial charge in [-0.25, -0.2) is 4.39 Å². The van der Waals surface area contributed by atoms with Crippen LogP contribution in [0.4, 0.5) is 17.6 Å². The third-order valence-corrected chi connectivity index (χ3v) is 3.26. The Morgan fingerprint density at radius 1 is 1.32 bits per heavy atom. The van der Waals surface area contributed by atoms with Crippen molar-refractivity contribution in [3.8, 4) is 0 Å². The zero-order valence-electron chi connectivity index (χ0n) is 10.7. The largest absolute Gasteiger partial charge is 0.419 e. The second-order valence-electron chi connectivity index (χ2n) is 5.30. The van der Waals surface area contributed by atoms with Crippen LogP contribution in [0.5, 0.6) is 0 Å². The topological polar surface area (TPSA) is 12.0 Å². The standard InChI is InChI=1S/C14H17F4N/c1-9(8-19-11-3-4-11)6-10-2-5-12(13(15)7-10)14(16,17)18/h2,5,7,9,11,19H,3-4,6,8H2,1H3. The predicted octanol–water partition coefficient (Wildman–Crippen LogP) is 3.78. The Morgan fingerprint density at radius 2 is 2.00 bits per heavy atom. The molecule has 0 amide bonds. The number of benzene rings is 1. The van der Waals surface area contributed by atoms with Crippen molar-refractivity contribution in [3.63, 3.8) is 0 Å². The molecule has 106 valence electrons. The van der Waals surface area contributed by atoms with Gasteiger partial charge in [-0.2, -0.15) is 13.2 Å². The Balaban J connectivity index is 1.94. The third kappa shape index (κ3) is 4.20. The van der Waals surface area contributed by atoms with Crippen LogP contribution in [0.3, 0.4) is 0 Å². The Kier molecular flexibility index (Phi) is 4.13. The average molecular weight is 275 g/mol. The molecule has 1 atom stereocenters. The van der Waals surface area contributed by atoms with E-state index in [1.807, 2.05) is 6.92 Å². The summed E-state index contributed by atoms with van der Waals surface area (Å²) < 4.78 is 50.6. The van der Waals surface area contributed by atoms with Crippen LogP contribution in [-0.4, -0.2) is 12.6 Å². The number of halogens is 4. The fourth-order valence-corrected chi connectivity index (χ4v) is 2.05. The summed E-state index contributed by atoms with van der Waals surface area (Å²) in [6.07, 6.45) is -1.65. The predicted molar refractivity (Wildman–Crippen MR) is 65.3 cm³/mol. The second kappa shape index (κ2) is 5.49. The van der Waals surface area contributed by atoms with E-state index in [0.717, 1.165) is 18.7 Å². The van der Waals surface area contributed by atoms with Crippen LogP contribution in [0.1, 0.15) is 30.9 Å². The lowest BCUT2D eigenvalue weighted by Crippen LogP contribution is -2.24. The molecule has 0 spiro atoms. The summed E-state index contributed by atoms with van der Waals surface area (Å²) in [5, 5.41) is 3.35. The van der Waals surface area contributed by atoms with Crippen LogP contribution in [0.25, 0.3) is 0 Å². The molecule has 0 aromatic heterocycles. The van der Waals surface area contributed by atoms with Gasteiger partial charge in [0.1, 0.15) is 5.82 Å². The molecule has 1 aliphatic rings. The Bertz CT molecular complexity index is 438. The van der Waals surface area contributed by atoms with Gasteiger partial charge in [0, 0.05) is 6.04 Å². The second-order valence-corrected chi connectivity index (χ2v) is 5.30. The Hall–Kier alpha value is -1.10. The van der Waals surface area contributed by atoms with Gasteiger partial charge in [0.15, 0.2) is 0 Å². The molecule has 5 heteroatoms. The van der Waals surface area contributed by atoms with Gasteiger partial charge in [-0.3, -0.25) is 0 Å². The highest BCUT2D eigenvalue weighted by molar-refractivity contribution is 5.26. The first-order valence-corrected chi connectivity index (χ1v) is 6.45.